The first-order chi connectivity index (χ1) is 14.3. The highest BCUT2D eigenvalue weighted by Crippen LogP contribution is 2.29. The first-order valence-corrected chi connectivity index (χ1v) is 10.1. The lowest BCUT2D eigenvalue weighted by Gasteiger charge is -2.27. The quantitative estimate of drug-likeness (QED) is 0.630. The number of aromatic amines is 1. The zero-order chi connectivity index (χ0) is 19.6. The van der Waals surface area contributed by atoms with E-state index in [9.17, 15) is 4.79 Å². The number of fused-ring (bicyclic) bond motifs is 2. The normalized spacial score (nSPS) is 17.6. The van der Waals surface area contributed by atoms with Gasteiger partial charge >= 0.3 is 0 Å². The SMILES string of the molecule is O=C(CCCN1CCOCC1)c1noc2c1CN(c1ncnc3[nH]ccc13)CC2. The molecule has 9 heteroatoms. The second-order valence-corrected chi connectivity index (χ2v) is 7.52. The van der Waals surface area contributed by atoms with Crippen molar-refractivity contribution < 1.29 is 14.1 Å². The molecular formula is C20H24N6O3. The Bertz CT molecular complexity index is 1010. The van der Waals surface area contributed by atoms with Crippen LogP contribution in [-0.2, 0) is 17.7 Å². The van der Waals surface area contributed by atoms with Gasteiger partial charge in [0, 0.05) is 44.2 Å². The third kappa shape index (κ3) is 3.63. The molecule has 1 N–H and O–H groups in total. The van der Waals surface area contributed by atoms with Crippen LogP contribution in [0.1, 0.15) is 34.7 Å². The molecule has 0 atom stereocenters. The molecule has 0 unspecified atom stereocenters. The van der Waals surface area contributed by atoms with Gasteiger partial charge in [0.05, 0.1) is 25.1 Å². The molecule has 0 radical (unpaired) electrons. The number of ether oxygens (including phenoxy) is 1. The molecule has 9 nitrogen and oxygen atoms in total. The van der Waals surface area contributed by atoms with E-state index >= 15 is 0 Å². The summed E-state index contributed by atoms with van der Waals surface area (Å²) in [5.74, 6) is 1.74. The summed E-state index contributed by atoms with van der Waals surface area (Å²) in [6.45, 7) is 5.68. The molecule has 0 bridgehead atoms. The number of aromatic nitrogens is 4. The third-order valence-electron chi connectivity index (χ3n) is 5.71. The number of H-pyrrole nitrogens is 1. The van der Waals surface area contributed by atoms with Gasteiger partial charge < -0.3 is 19.1 Å². The van der Waals surface area contributed by atoms with Crippen molar-refractivity contribution in [3.05, 3.63) is 35.6 Å². The molecule has 0 amide bonds. The predicted octanol–water partition coefficient (Wildman–Crippen LogP) is 1.80. The Morgan fingerprint density at radius 1 is 1.21 bits per heavy atom. The van der Waals surface area contributed by atoms with E-state index in [0.717, 1.165) is 74.0 Å². The molecular weight excluding hydrogens is 372 g/mol. The monoisotopic (exact) mass is 396 g/mol. The van der Waals surface area contributed by atoms with E-state index in [0.29, 0.717) is 25.1 Å². The van der Waals surface area contributed by atoms with E-state index in [1.54, 1.807) is 6.33 Å². The molecule has 29 heavy (non-hydrogen) atoms. The minimum Gasteiger partial charge on any atom is -0.379 e. The fourth-order valence-corrected chi connectivity index (χ4v) is 4.13. The zero-order valence-electron chi connectivity index (χ0n) is 16.3. The van der Waals surface area contributed by atoms with Crippen molar-refractivity contribution in [3.63, 3.8) is 0 Å². The first-order valence-electron chi connectivity index (χ1n) is 10.1. The van der Waals surface area contributed by atoms with Crippen molar-refractivity contribution in [2.75, 3.05) is 44.3 Å². The molecule has 5 rings (SSSR count). The summed E-state index contributed by atoms with van der Waals surface area (Å²) in [6, 6.07) is 1.98. The Morgan fingerprint density at radius 3 is 3.00 bits per heavy atom. The van der Waals surface area contributed by atoms with Gasteiger partial charge in [-0.1, -0.05) is 5.16 Å². The molecule has 2 aliphatic heterocycles. The van der Waals surface area contributed by atoms with Gasteiger partial charge in [-0.05, 0) is 19.0 Å². The summed E-state index contributed by atoms with van der Waals surface area (Å²) in [5.41, 5.74) is 2.19. The molecule has 3 aromatic heterocycles. The van der Waals surface area contributed by atoms with Gasteiger partial charge in [0.1, 0.15) is 23.6 Å². The summed E-state index contributed by atoms with van der Waals surface area (Å²) in [7, 11) is 0. The van der Waals surface area contributed by atoms with Gasteiger partial charge in [-0.2, -0.15) is 0 Å². The standard InChI is InChI=1S/C20H24N6O3/c27-16(2-1-6-25-8-10-28-11-9-25)18-15-12-26(7-4-17(15)29-24-18)20-14-3-5-21-19(14)22-13-23-20/h3,5,13H,1-2,4,6-12H2,(H,21,22,23). The van der Waals surface area contributed by atoms with Crippen molar-refractivity contribution in [1.29, 1.82) is 0 Å². The minimum absolute atomic E-state index is 0.0552. The number of nitrogens with zero attached hydrogens (tertiary/aromatic N) is 5. The lowest BCUT2D eigenvalue weighted by Crippen LogP contribution is -2.37. The van der Waals surface area contributed by atoms with Crippen molar-refractivity contribution in [2.45, 2.75) is 25.8 Å². The zero-order valence-corrected chi connectivity index (χ0v) is 16.3. The lowest BCUT2D eigenvalue weighted by molar-refractivity contribution is 0.0371. The molecule has 2 aliphatic rings. The Labute approximate surface area is 168 Å². The number of hydrogen-bond donors (Lipinski definition) is 1. The number of Topliss-reactive ketones (excluding diaryl/α,β-unsaturated/α-hetero) is 1. The Morgan fingerprint density at radius 2 is 2.10 bits per heavy atom. The minimum atomic E-state index is 0.0552. The second-order valence-electron chi connectivity index (χ2n) is 7.52. The third-order valence-corrected chi connectivity index (χ3v) is 5.71. The van der Waals surface area contributed by atoms with Gasteiger partial charge in [0.25, 0.3) is 0 Å². The van der Waals surface area contributed by atoms with Crippen LogP contribution in [0.3, 0.4) is 0 Å². The van der Waals surface area contributed by atoms with E-state index in [4.69, 9.17) is 9.26 Å². The van der Waals surface area contributed by atoms with Crippen LogP contribution in [0.2, 0.25) is 0 Å². The van der Waals surface area contributed by atoms with Gasteiger partial charge in [0.2, 0.25) is 0 Å². The number of hydrogen-bond acceptors (Lipinski definition) is 8. The summed E-state index contributed by atoms with van der Waals surface area (Å²) < 4.78 is 10.9. The smallest absolute Gasteiger partial charge is 0.185 e. The average Bonchev–Trinajstić information content (AvgIpc) is 3.40. The van der Waals surface area contributed by atoms with E-state index in [1.165, 1.54) is 0 Å². The van der Waals surface area contributed by atoms with Crippen LogP contribution in [0.5, 0.6) is 0 Å². The maximum absolute atomic E-state index is 12.8. The van der Waals surface area contributed by atoms with Gasteiger partial charge in [-0.25, -0.2) is 9.97 Å². The molecule has 0 aliphatic carbocycles. The molecule has 152 valence electrons. The second kappa shape index (κ2) is 7.92. The summed E-state index contributed by atoms with van der Waals surface area (Å²) in [5, 5.41) is 5.10. The number of ketones is 1. The van der Waals surface area contributed by atoms with Crippen LogP contribution in [0.25, 0.3) is 11.0 Å². The average molecular weight is 396 g/mol. The Kier molecular flexibility index (Phi) is 4.99. The summed E-state index contributed by atoms with van der Waals surface area (Å²) in [4.78, 5) is 29.2. The number of carbonyl (C=O) groups is 1. The van der Waals surface area contributed by atoms with Crippen molar-refractivity contribution in [3.8, 4) is 0 Å². The van der Waals surface area contributed by atoms with E-state index in [1.807, 2.05) is 12.3 Å². The maximum Gasteiger partial charge on any atom is 0.185 e. The Hall–Kier alpha value is -2.78. The van der Waals surface area contributed by atoms with Crippen molar-refractivity contribution in [2.24, 2.45) is 0 Å². The highest BCUT2D eigenvalue weighted by molar-refractivity contribution is 5.96. The number of morpholine rings is 1. The highest BCUT2D eigenvalue weighted by Gasteiger charge is 2.28. The number of nitrogens with one attached hydrogen (secondary N) is 1. The number of rotatable bonds is 6. The van der Waals surface area contributed by atoms with Gasteiger partial charge in [-0.15, -0.1) is 0 Å². The summed E-state index contributed by atoms with van der Waals surface area (Å²) in [6.07, 6.45) is 5.43. The van der Waals surface area contributed by atoms with Crippen LogP contribution in [0.15, 0.2) is 23.1 Å². The molecule has 0 spiro atoms. The largest absolute Gasteiger partial charge is 0.379 e. The molecule has 0 aromatic carbocycles. The van der Waals surface area contributed by atoms with Crippen LogP contribution in [-0.4, -0.2) is 70.2 Å². The topological polar surface area (TPSA) is 100 Å². The molecule has 1 fully saturated rings. The van der Waals surface area contributed by atoms with E-state index < -0.39 is 0 Å². The highest BCUT2D eigenvalue weighted by atomic mass is 16.5. The molecule has 3 aromatic rings. The van der Waals surface area contributed by atoms with Crippen LogP contribution >= 0.6 is 0 Å². The van der Waals surface area contributed by atoms with E-state index in [-0.39, 0.29) is 5.78 Å². The van der Waals surface area contributed by atoms with Crippen LogP contribution in [0, 0.1) is 0 Å². The molecule has 1 saturated heterocycles. The van der Waals surface area contributed by atoms with Crippen molar-refractivity contribution >= 4 is 22.6 Å². The fourth-order valence-electron chi connectivity index (χ4n) is 4.13. The fraction of sp³-hybridized carbons (Fsp3) is 0.500. The number of carbonyl (C=O) groups excluding carboxylic acids is 1. The molecule has 5 heterocycles. The van der Waals surface area contributed by atoms with Crippen molar-refractivity contribution in [1.82, 2.24) is 25.0 Å². The number of anilines is 1. The Balaban J connectivity index is 1.28. The van der Waals surface area contributed by atoms with Gasteiger partial charge in [0.15, 0.2) is 11.5 Å². The van der Waals surface area contributed by atoms with Gasteiger partial charge in [-0.3, -0.25) is 9.69 Å². The van der Waals surface area contributed by atoms with Crippen LogP contribution < -0.4 is 4.90 Å². The predicted molar refractivity (Wildman–Crippen MR) is 106 cm³/mol. The maximum atomic E-state index is 12.8. The molecule has 0 saturated carbocycles. The van der Waals surface area contributed by atoms with Crippen LogP contribution in [0.4, 0.5) is 5.82 Å². The summed E-state index contributed by atoms with van der Waals surface area (Å²) >= 11 is 0. The first kappa shape index (κ1) is 18.3. The lowest BCUT2D eigenvalue weighted by atomic mass is 10.0. The van der Waals surface area contributed by atoms with E-state index in [2.05, 4.69) is 29.9 Å².